The summed E-state index contributed by atoms with van der Waals surface area (Å²) in [5, 5.41) is 6.53. The van der Waals surface area contributed by atoms with E-state index < -0.39 is 0 Å². The van der Waals surface area contributed by atoms with Crippen molar-refractivity contribution >= 4 is 17.0 Å². The van der Waals surface area contributed by atoms with E-state index in [1.54, 1.807) is 11.3 Å². The Balaban J connectivity index is 2.00. The Hall–Kier alpha value is -0.700. The smallest absolute Gasteiger partial charge is 0.198 e. The van der Waals surface area contributed by atoms with Gasteiger partial charge in [0, 0.05) is 0 Å². The average molecular weight is 167 g/mol. The maximum atomic E-state index is 5.83. The van der Waals surface area contributed by atoms with Gasteiger partial charge in [0.25, 0.3) is 0 Å². The second kappa shape index (κ2) is 1.72. The summed E-state index contributed by atoms with van der Waals surface area (Å²) in [5.41, 5.74) is 1.37. The topological polar surface area (TPSA) is 21.3 Å². The minimum Gasteiger partial charge on any atom is -0.474 e. The Bertz CT molecular complexity index is 290. The first-order valence-electron chi connectivity index (χ1n) is 3.88. The first-order valence-corrected chi connectivity index (χ1v) is 4.76. The van der Waals surface area contributed by atoms with Crippen LogP contribution in [0.15, 0.2) is 11.4 Å². The summed E-state index contributed by atoms with van der Waals surface area (Å²) < 4.78 is 5.83. The van der Waals surface area contributed by atoms with Gasteiger partial charge in [0.2, 0.25) is 0 Å². The molecule has 0 atom stereocenters. The van der Waals surface area contributed by atoms with E-state index >= 15 is 0 Å². The summed E-state index contributed by atoms with van der Waals surface area (Å²) in [6.45, 7) is 0.997. The maximum absolute atomic E-state index is 5.83. The van der Waals surface area contributed by atoms with Gasteiger partial charge in [-0.2, -0.15) is 0 Å². The molecular formula is C8H9NOS. The Morgan fingerprint density at radius 1 is 1.55 bits per heavy atom. The highest BCUT2D eigenvalue weighted by atomic mass is 32.1. The van der Waals surface area contributed by atoms with Crippen molar-refractivity contribution in [2.24, 2.45) is 0 Å². The van der Waals surface area contributed by atoms with Gasteiger partial charge in [-0.3, -0.25) is 0 Å². The second-order valence-electron chi connectivity index (χ2n) is 3.26. The van der Waals surface area contributed by atoms with E-state index in [1.807, 2.05) is 0 Å². The Kier molecular flexibility index (Phi) is 0.921. The quantitative estimate of drug-likeness (QED) is 0.638. The highest BCUT2D eigenvalue weighted by molar-refractivity contribution is 7.12. The van der Waals surface area contributed by atoms with Gasteiger partial charge in [-0.1, -0.05) is 0 Å². The summed E-state index contributed by atoms with van der Waals surface area (Å²) >= 11 is 1.68. The van der Waals surface area contributed by atoms with Crippen molar-refractivity contribution in [2.45, 2.75) is 18.4 Å². The highest BCUT2D eigenvalue weighted by Gasteiger charge is 2.48. The molecule has 2 nitrogen and oxygen atoms in total. The second-order valence-corrected chi connectivity index (χ2v) is 4.14. The van der Waals surface area contributed by atoms with Gasteiger partial charge in [-0.15, -0.1) is 11.3 Å². The Morgan fingerprint density at radius 3 is 3.27 bits per heavy atom. The summed E-state index contributed by atoms with van der Waals surface area (Å²) in [5.74, 6) is 0. The molecule has 3 heteroatoms. The van der Waals surface area contributed by atoms with Crippen molar-refractivity contribution in [1.82, 2.24) is 0 Å². The number of thiophene rings is 1. The number of nitrogens with one attached hydrogen (secondary N) is 1. The molecule has 1 saturated carbocycles. The van der Waals surface area contributed by atoms with E-state index in [0.29, 0.717) is 0 Å². The lowest BCUT2D eigenvalue weighted by Gasteiger charge is -2.24. The predicted octanol–water partition coefficient (Wildman–Crippen LogP) is 2.08. The van der Waals surface area contributed by atoms with E-state index in [-0.39, 0.29) is 5.60 Å². The van der Waals surface area contributed by atoms with Gasteiger partial charge < -0.3 is 10.1 Å². The summed E-state index contributed by atoms with van der Waals surface area (Å²) in [7, 11) is 0. The molecule has 0 unspecified atom stereocenters. The van der Waals surface area contributed by atoms with E-state index in [9.17, 15) is 0 Å². The third-order valence-electron chi connectivity index (χ3n) is 2.35. The van der Waals surface area contributed by atoms with Gasteiger partial charge in [0.05, 0.1) is 12.2 Å². The molecule has 11 heavy (non-hydrogen) atoms. The van der Waals surface area contributed by atoms with Crippen LogP contribution in [-0.2, 0) is 0 Å². The molecule has 2 aliphatic rings. The van der Waals surface area contributed by atoms with Crippen molar-refractivity contribution in [3.63, 3.8) is 0 Å². The monoisotopic (exact) mass is 167 g/mol. The molecule has 1 fully saturated rings. The zero-order chi connectivity index (χ0) is 7.31. The Morgan fingerprint density at radius 2 is 2.45 bits per heavy atom. The lowest BCUT2D eigenvalue weighted by Crippen LogP contribution is -2.31. The van der Waals surface area contributed by atoms with E-state index in [2.05, 4.69) is 16.8 Å². The van der Waals surface area contributed by atoms with Crippen LogP contribution in [0, 0.1) is 0 Å². The first kappa shape index (κ1) is 5.89. The summed E-state index contributed by atoms with van der Waals surface area (Å²) in [6.07, 6.45) is 2.44. The van der Waals surface area contributed by atoms with Crippen molar-refractivity contribution in [1.29, 1.82) is 0 Å². The molecule has 1 aromatic rings. The summed E-state index contributed by atoms with van der Waals surface area (Å²) in [4.78, 5) is 0. The van der Waals surface area contributed by atoms with Crippen molar-refractivity contribution in [2.75, 3.05) is 11.9 Å². The molecule has 1 spiro atoms. The van der Waals surface area contributed by atoms with Crippen LogP contribution >= 0.6 is 11.3 Å². The molecule has 58 valence electrons. The van der Waals surface area contributed by atoms with E-state index in [0.717, 1.165) is 11.6 Å². The largest absolute Gasteiger partial charge is 0.474 e. The van der Waals surface area contributed by atoms with Crippen LogP contribution in [0.1, 0.15) is 12.8 Å². The SMILES string of the molecule is c1cc2c(s1)OC1(CC1)CN2. The molecule has 1 N–H and O–H groups in total. The molecule has 3 rings (SSSR count). The average Bonchev–Trinajstić information content (AvgIpc) is 2.63. The summed E-state index contributed by atoms with van der Waals surface area (Å²) in [6, 6.07) is 2.08. The zero-order valence-corrected chi connectivity index (χ0v) is 6.91. The van der Waals surface area contributed by atoms with E-state index in [4.69, 9.17) is 4.74 Å². The molecule has 0 aromatic carbocycles. The number of hydrogen-bond acceptors (Lipinski definition) is 3. The minimum atomic E-state index is 0.192. The molecule has 1 aliphatic carbocycles. The lowest BCUT2D eigenvalue weighted by atomic mass is 10.3. The van der Waals surface area contributed by atoms with Crippen LogP contribution in [0.4, 0.5) is 5.69 Å². The fourth-order valence-electron chi connectivity index (χ4n) is 1.41. The molecule has 0 amide bonds. The highest BCUT2D eigenvalue weighted by Crippen LogP contribution is 2.47. The standard InChI is InChI=1S/C8H9NOS/c1-4-11-7-6(1)9-5-8(10-7)2-3-8/h1,4,9H,2-3,5H2. The third kappa shape index (κ3) is 0.774. The van der Waals surface area contributed by atoms with E-state index in [1.165, 1.54) is 18.5 Å². The van der Waals surface area contributed by atoms with Gasteiger partial charge in [-0.05, 0) is 24.3 Å². The number of rotatable bonds is 0. The van der Waals surface area contributed by atoms with Gasteiger partial charge in [-0.25, -0.2) is 0 Å². The van der Waals surface area contributed by atoms with Crippen molar-refractivity contribution in [3.8, 4) is 5.06 Å². The van der Waals surface area contributed by atoms with Gasteiger partial charge >= 0.3 is 0 Å². The van der Waals surface area contributed by atoms with Crippen LogP contribution in [0.25, 0.3) is 0 Å². The minimum absolute atomic E-state index is 0.192. The normalized spacial score (nSPS) is 23.6. The zero-order valence-electron chi connectivity index (χ0n) is 6.09. The predicted molar refractivity (Wildman–Crippen MR) is 45.4 cm³/mol. The van der Waals surface area contributed by atoms with Crippen LogP contribution < -0.4 is 10.1 Å². The van der Waals surface area contributed by atoms with Crippen molar-refractivity contribution < 1.29 is 4.74 Å². The van der Waals surface area contributed by atoms with Gasteiger partial charge in [0.15, 0.2) is 5.06 Å². The molecule has 1 aliphatic heterocycles. The number of anilines is 1. The van der Waals surface area contributed by atoms with Crippen LogP contribution in [0.3, 0.4) is 0 Å². The Labute approximate surface area is 69.2 Å². The molecule has 0 radical (unpaired) electrons. The number of hydrogen-bond donors (Lipinski definition) is 1. The molecule has 2 heterocycles. The van der Waals surface area contributed by atoms with Crippen molar-refractivity contribution in [3.05, 3.63) is 11.4 Å². The van der Waals surface area contributed by atoms with Crippen LogP contribution in [-0.4, -0.2) is 12.1 Å². The number of fused-ring (bicyclic) bond motifs is 1. The molecule has 0 bridgehead atoms. The third-order valence-corrected chi connectivity index (χ3v) is 3.14. The molecule has 0 saturated heterocycles. The van der Waals surface area contributed by atoms with Gasteiger partial charge in [0.1, 0.15) is 5.60 Å². The first-order chi connectivity index (χ1) is 5.38. The molecule has 1 aromatic heterocycles. The number of ether oxygens (including phenoxy) is 1. The lowest BCUT2D eigenvalue weighted by molar-refractivity contribution is 0.191. The maximum Gasteiger partial charge on any atom is 0.198 e. The van der Waals surface area contributed by atoms with Crippen LogP contribution in [0.5, 0.6) is 5.06 Å². The molecular weight excluding hydrogens is 158 g/mol. The fourth-order valence-corrected chi connectivity index (χ4v) is 2.23. The van der Waals surface area contributed by atoms with Crippen LogP contribution in [0.2, 0.25) is 0 Å². The fraction of sp³-hybridized carbons (Fsp3) is 0.500.